The minimum atomic E-state index is -3.56. The maximum Gasteiger partial charge on any atom is 0.275 e. The van der Waals surface area contributed by atoms with Gasteiger partial charge in [0.1, 0.15) is 5.01 Å². The fourth-order valence-corrected chi connectivity index (χ4v) is 7.17. The fraction of sp³-hybridized carbons (Fsp3) is 0.346. The molecule has 188 valence electrons. The first kappa shape index (κ1) is 24.8. The Morgan fingerprint density at radius 3 is 2.36 bits per heavy atom. The zero-order valence-corrected chi connectivity index (χ0v) is 22.5. The molecule has 0 atom stereocenters. The van der Waals surface area contributed by atoms with E-state index >= 15 is 0 Å². The maximum absolute atomic E-state index is 13.3. The molecule has 0 N–H and O–H groups in total. The van der Waals surface area contributed by atoms with Crippen LogP contribution in [-0.4, -0.2) is 58.4 Å². The largest absolute Gasteiger partial charge is 0.295 e. The molecule has 10 heteroatoms. The van der Waals surface area contributed by atoms with E-state index in [1.54, 1.807) is 10.4 Å². The van der Waals surface area contributed by atoms with Gasteiger partial charge >= 0.3 is 0 Å². The number of fused-ring (bicyclic) bond motifs is 1. The quantitative estimate of drug-likeness (QED) is 0.398. The van der Waals surface area contributed by atoms with Crippen LogP contribution in [0.25, 0.3) is 15.5 Å². The minimum Gasteiger partial charge on any atom is -0.295 e. The third-order valence-corrected chi connectivity index (χ3v) is 9.69. The number of rotatable bonds is 5. The summed E-state index contributed by atoms with van der Waals surface area (Å²) in [7, 11) is -3.56. The highest BCUT2D eigenvalue weighted by Crippen LogP contribution is 2.26. The first-order valence-corrected chi connectivity index (χ1v) is 14.1. The first-order valence-electron chi connectivity index (χ1n) is 11.9. The fourth-order valence-electron chi connectivity index (χ4n) is 4.54. The molecule has 0 saturated carbocycles. The summed E-state index contributed by atoms with van der Waals surface area (Å²) in [5.74, 6) is 0. The Hall–Kier alpha value is -2.92. The second kappa shape index (κ2) is 9.51. The van der Waals surface area contributed by atoms with E-state index in [0.717, 1.165) is 32.8 Å². The Labute approximate surface area is 214 Å². The van der Waals surface area contributed by atoms with Crippen molar-refractivity contribution in [3.63, 3.8) is 0 Å². The van der Waals surface area contributed by atoms with Gasteiger partial charge in [-0.2, -0.15) is 13.9 Å². The van der Waals surface area contributed by atoms with Crippen LogP contribution in [-0.2, 0) is 16.6 Å². The van der Waals surface area contributed by atoms with Crippen molar-refractivity contribution in [3.05, 3.63) is 80.8 Å². The van der Waals surface area contributed by atoms with Crippen LogP contribution in [0, 0.1) is 27.7 Å². The second-order valence-corrected chi connectivity index (χ2v) is 12.3. The van der Waals surface area contributed by atoms with Crippen molar-refractivity contribution >= 4 is 26.3 Å². The summed E-state index contributed by atoms with van der Waals surface area (Å²) >= 11 is 1.39. The Morgan fingerprint density at radius 2 is 1.64 bits per heavy atom. The molecule has 5 rings (SSSR count). The van der Waals surface area contributed by atoms with Crippen molar-refractivity contribution in [3.8, 4) is 10.6 Å². The van der Waals surface area contributed by atoms with Gasteiger partial charge in [0.15, 0.2) is 0 Å². The minimum absolute atomic E-state index is 0.211. The Morgan fingerprint density at radius 1 is 0.917 bits per heavy atom. The molecule has 0 amide bonds. The SMILES string of the molecule is Cc1cccc(-c2nn3c(=O)cc(CN4CCN(S(=O)(=O)c5cc(C)c(C)cc5C)CC4)nc3s2)c1. The van der Waals surface area contributed by atoms with Crippen molar-refractivity contribution in [1.82, 2.24) is 23.8 Å². The van der Waals surface area contributed by atoms with E-state index in [-0.39, 0.29) is 5.56 Å². The van der Waals surface area contributed by atoms with E-state index in [1.807, 2.05) is 58.0 Å². The van der Waals surface area contributed by atoms with Gasteiger partial charge in [-0.15, -0.1) is 0 Å². The molecule has 0 aliphatic carbocycles. The number of sulfonamides is 1. The lowest BCUT2D eigenvalue weighted by molar-refractivity contribution is 0.180. The third kappa shape index (κ3) is 4.73. The van der Waals surface area contributed by atoms with Crippen molar-refractivity contribution in [1.29, 1.82) is 0 Å². The van der Waals surface area contributed by atoms with Crippen molar-refractivity contribution in [2.45, 2.75) is 39.1 Å². The first-order chi connectivity index (χ1) is 17.1. The molecule has 1 aliphatic heterocycles. The van der Waals surface area contributed by atoms with Gasteiger partial charge in [0.2, 0.25) is 15.0 Å². The smallest absolute Gasteiger partial charge is 0.275 e. The molecule has 0 radical (unpaired) electrons. The summed E-state index contributed by atoms with van der Waals surface area (Å²) in [6, 6.07) is 13.2. The summed E-state index contributed by atoms with van der Waals surface area (Å²) in [5, 5.41) is 5.22. The van der Waals surface area contributed by atoms with Crippen LogP contribution in [0.1, 0.15) is 27.9 Å². The van der Waals surface area contributed by atoms with Crippen LogP contribution in [0.5, 0.6) is 0 Å². The molecular weight excluding hydrogens is 494 g/mol. The third-order valence-electron chi connectivity index (χ3n) is 6.69. The predicted molar refractivity (Wildman–Crippen MR) is 142 cm³/mol. The molecule has 1 aliphatic rings. The van der Waals surface area contributed by atoms with Gasteiger partial charge in [-0.1, -0.05) is 41.2 Å². The predicted octanol–water partition coefficient (Wildman–Crippen LogP) is 3.56. The van der Waals surface area contributed by atoms with E-state index < -0.39 is 10.0 Å². The monoisotopic (exact) mass is 523 g/mol. The molecule has 3 heterocycles. The van der Waals surface area contributed by atoms with Crippen LogP contribution in [0.3, 0.4) is 0 Å². The van der Waals surface area contributed by atoms with E-state index in [1.165, 1.54) is 21.9 Å². The lowest BCUT2D eigenvalue weighted by atomic mass is 10.1. The zero-order valence-electron chi connectivity index (χ0n) is 20.9. The standard InChI is InChI=1S/C26H29N5O3S2/c1-17-6-5-7-21(12-17)25-28-31-24(32)15-22(27-26(31)35-25)16-29-8-10-30(11-9-29)36(33,34)23-14-19(3)18(2)13-20(23)4/h5-7,12-15H,8-11,16H2,1-4H3. The lowest BCUT2D eigenvalue weighted by Gasteiger charge is -2.34. The lowest BCUT2D eigenvalue weighted by Crippen LogP contribution is -2.48. The van der Waals surface area contributed by atoms with Crippen LogP contribution in [0.15, 0.2) is 52.2 Å². The van der Waals surface area contributed by atoms with Crippen molar-refractivity contribution < 1.29 is 8.42 Å². The van der Waals surface area contributed by atoms with Gasteiger partial charge in [0.05, 0.1) is 10.6 Å². The number of aromatic nitrogens is 3. The van der Waals surface area contributed by atoms with Crippen LogP contribution in [0.4, 0.5) is 0 Å². The highest BCUT2D eigenvalue weighted by molar-refractivity contribution is 7.89. The molecular formula is C26H29N5O3S2. The van der Waals surface area contributed by atoms with Gasteiger partial charge in [0.25, 0.3) is 5.56 Å². The number of hydrogen-bond acceptors (Lipinski definition) is 7. The molecule has 2 aromatic heterocycles. The number of piperazine rings is 1. The summed E-state index contributed by atoms with van der Waals surface area (Å²) < 4.78 is 29.5. The average Bonchev–Trinajstić information content (AvgIpc) is 3.27. The van der Waals surface area contributed by atoms with E-state index in [9.17, 15) is 13.2 Å². The highest BCUT2D eigenvalue weighted by atomic mass is 32.2. The van der Waals surface area contributed by atoms with Gasteiger partial charge in [0, 0.05) is 44.4 Å². The van der Waals surface area contributed by atoms with Crippen LogP contribution in [0.2, 0.25) is 0 Å². The van der Waals surface area contributed by atoms with Crippen molar-refractivity contribution in [2.24, 2.45) is 0 Å². The summed E-state index contributed by atoms with van der Waals surface area (Å²) in [6.45, 7) is 10.2. The van der Waals surface area contributed by atoms with Gasteiger partial charge in [-0.05, 0) is 56.5 Å². The molecule has 4 aromatic rings. The average molecular weight is 524 g/mol. The number of aryl methyl sites for hydroxylation is 4. The second-order valence-electron chi connectivity index (χ2n) is 9.44. The van der Waals surface area contributed by atoms with Crippen LogP contribution < -0.4 is 5.56 Å². The molecule has 0 bridgehead atoms. The maximum atomic E-state index is 13.3. The van der Waals surface area contributed by atoms with Crippen LogP contribution >= 0.6 is 11.3 Å². The Balaban J connectivity index is 1.31. The normalized spacial score (nSPS) is 15.6. The summed E-state index contributed by atoms with van der Waals surface area (Å²) in [4.78, 5) is 20.5. The van der Waals surface area contributed by atoms with Gasteiger partial charge in [-0.25, -0.2) is 13.4 Å². The van der Waals surface area contributed by atoms with Gasteiger partial charge in [-0.3, -0.25) is 9.69 Å². The highest BCUT2D eigenvalue weighted by Gasteiger charge is 2.30. The molecule has 2 aromatic carbocycles. The van der Waals surface area contributed by atoms with E-state index in [4.69, 9.17) is 0 Å². The number of nitrogens with zero attached hydrogens (tertiary/aromatic N) is 5. The topological polar surface area (TPSA) is 87.9 Å². The Bertz CT molecular complexity index is 1620. The van der Waals surface area contributed by atoms with E-state index in [2.05, 4.69) is 15.0 Å². The van der Waals surface area contributed by atoms with Crippen molar-refractivity contribution in [2.75, 3.05) is 26.2 Å². The molecule has 0 unspecified atom stereocenters. The van der Waals surface area contributed by atoms with Gasteiger partial charge < -0.3 is 0 Å². The number of hydrogen-bond donors (Lipinski definition) is 0. The molecule has 1 fully saturated rings. The molecule has 0 spiro atoms. The molecule has 1 saturated heterocycles. The number of benzene rings is 2. The molecule has 8 nitrogen and oxygen atoms in total. The Kier molecular flexibility index (Phi) is 6.54. The summed E-state index contributed by atoms with van der Waals surface area (Å²) in [5.41, 5.74) is 5.37. The zero-order chi connectivity index (χ0) is 25.6. The molecule has 36 heavy (non-hydrogen) atoms. The van der Waals surface area contributed by atoms with E-state index in [0.29, 0.717) is 48.3 Å². The summed E-state index contributed by atoms with van der Waals surface area (Å²) in [6.07, 6.45) is 0.